The predicted molar refractivity (Wildman–Crippen MR) is 39.5 cm³/mol. The number of carboxylic acids is 1. The van der Waals surface area contributed by atoms with E-state index in [1.807, 2.05) is 13.8 Å². The van der Waals surface area contributed by atoms with Gasteiger partial charge in [0, 0.05) is 0 Å². The molecule has 3 nitrogen and oxygen atoms in total. The van der Waals surface area contributed by atoms with E-state index < -0.39 is 5.97 Å². The largest absolute Gasteiger partial charge is 0.481 e. The molecule has 0 radical (unpaired) electrons. The van der Waals surface area contributed by atoms with E-state index in [9.17, 15) is 4.79 Å². The standard InChI is InChI=1S/C8H10O3/c1-5-3-7(4-8(9)10)11-6(5)2/h3H,4H2,1-2H3,(H,9,10). The van der Waals surface area contributed by atoms with Gasteiger partial charge in [0.05, 0.1) is 0 Å². The number of hydrogen-bond acceptors (Lipinski definition) is 2. The summed E-state index contributed by atoms with van der Waals surface area (Å²) in [6.45, 7) is 3.71. The number of hydrogen-bond donors (Lipinski definition) is 1. The molecule has 1 rings (SSSR count). The molecule has 0 aliphatic rings. The smallest absolute Gasteiger partial charge is 0.311 e. The van der Waals surface area contributed by atoms with Crippen LogP contribution in [0.3, 0.4) is 0 Å². The van der Waals surface area contributed by atoms with Crippen LogP contribution in [-0.4, -0.2) is 11.1 Å². The van der Waals surface area contributed by atoms with E-state index in [-0.39, 0.29) is 6.42 Å². The fraction of sp³-hybridized carbons (Fsp3) is 0.375. The Hall–Kier alpha value is -1.25. The highest BCUT2D eigenvalue weighted by Crippen LogP contribution is 2.13. The second-order valence-electron chi connectivity index (χ2n) is 2.52. The summed E-state index contributed by atoms with van der Waals surface area (Å²) in [5, 5.41) is 8.41. The number of carbonyl (C=O) groups is 1. The number of carboxylic acid groups (broad SMARTS) is 1. The molecule has 1 N–H and O–H groups in total. The molecule has 0 saturated heterocycles. The molecule has 0 amide bonds. The summed E-state index contributed by atoms with van der Waals surface area (Å²) in [7, 11) is 0. The van der Waals surface area contributed by atoms with Crippen molar-refractivity contribution in [2.24, 2.45) is 0 Å². The van der Waals surface area contributed by atoms with Crippen molar-refractivity contribution < 1.29 is 14.3 Å². The van der Waals surface area contributed by atoms with Gasteiger partial charge in [0.2, 0.25) is 0 Å². The third-order valence-electron chi connectivity index (χ3n) is 1.54. The van der Waals surface area contributed by atoms with E-state index in [1.54, 1.807) is 6.07 Å². The van der Waals surface area contributed by atoms with Crippen LogP contribution in [-0.2, 0) is 11.2 Å². The third kappa shape index (κ3) is 1.83. The van der Waals surface area contributed by atoms with E-state index in [1.165, 1.54) is 0 Å². The summed E-state index contributed by atoms with van der Waals surface area (Å²) in [6.07, 6.45) is -0.0331. The highest BCUT2D eigenvalue weighted by atomic mass is 16.4. The van der Waals surface area contributed by atoms with Crippen molar-refractivity contribution in [2.45, 2.75) is 20.3 Å². The van der Waals surface area contributed by atoms with E-state index >= 15 is 0 Å². The van der Waals surface area contributed by atoms with Crippen molar-refractivity contribution in [2.75, 3.05) is 0 Å². The Morgan fingerprint density at radius 1 is 1.64 bits per heavy atom. The average molecular weight is 154 g/mol. The van der Waals surface area contributed by atoms with Crippen LogP contribution in [0.15, 0.2) is 10.5 Å². The van der Waals surface area contributed by atoms with Crippen LogP contribution in [0, 0.1) is 13.8 Å². The molecule has 0 fully saturated rings. The van der Waals surface area contributed by atoms with Gasteiger partial charge in [-0.05, 0) is 25.5 Å². The molecule has 1 aromatic rings. The molecule has 0 spiro atoms. The molecule has 0 aliphatic carbocycles. The summed E-state index contributed by atoms with van der Waals surface area (Å²) >= 11 is 0. The van der Waals surface area contributed by atoms with Gasteiger partial charge < -0.3 is 9.52 Å². The summed E-state index contributed by atoms with van der Waals surface area (Å²) in [5.41, 5.74) is 1.00. The Kier molecular flexibility index (Phi) is 1.98. The van der Waals surface area contributed by atoms with E-state index in [0.717, 1.165) is 11.3 Å². The molecule has 0 aromatic carbocycles. The fourth-order valence-corrected chi connectivity index (χ4v) is 0.886. The lowest BCUT2D eigenvalue weighted by Gasteiger charge is -1.87. The van der Waals surface area contributed by atoms with Crippen LogP contribution in [0.4, 0.5) is 0 Å². The zero-order valence-electron chi connectivity index (χ0n) is 6.55. The predicted octanol–water partition coefficient (Wildman–Crippen LogP) is 1.52. The van der Waals surface area contributed by atoms with Gasteiger partial charge in [-0.2, -0.15) is 0 Å². The summed E-state index contributed by atoms with van der Waals surface area (Å²) in [6, 6.07) is 1.75. The van der Waals surface area contributed by atoms with Crippen molar-refractivity contribution in [1.29, 1.82) is 0 Å². The maximum Gasteiger partial charge on any atom is 0.311 e. The molecule has 0 bridgehead atoms. The Morgan fingerprint density at radius 3 is 2.64 bits per heavy atom. The SMILES string of the molecule is Cc1cc(CC(=O)O)oc1C. The minimum atomic E-state index is -0.862. The van der Waals surface area contributed by atoms with Crippen LogP contribution < -0.4 is 0 Å². The van der Waals surface area contributed by atoms with Gasteiger partial charge in [-0.1, -0.05) is 0 Å². The molecule has 60 valence electrons. The number of rotatable bonds is 2. The van der Waals surface area contributed by atoms with Crippen LogP contribution in [0.25, 0.3) is 0 Å². The van der Waals surface area contributed by atoms with Crippen molar-refractivity contribution in [3.63, 3.8) is 0 Å². The Morgan fingerprint density at radius 2 is 2.27 bits per heavy atom. The zero-order valence-corrected chi connectivity index (χ0v) is 6.55. The molecule has 1 heterocycles. The molecule has 0 atom stereocenters. The number of furan rings is 1. The zero-order chi connectivity index (χ0) is 8.43. The van der Waals surface area contributed by atoms with Crippen LogP contribution in [0.2, 0.25) is 0 Å². The number of aliphatic carboxylic acids is 1. The fourth-order valence-electron chi connectivity index (χ4n) is 0.886. The van der Waals surface area contributed by atoms with E-state index in [0.29, 0.717) is 5.76 Å². The molecule has 11 heavy (non-hydrogen) atoms. The average Bonchev–Trinajstić information content (AvgIpc) is 2.10. The third-order valence-corrected chi connectivity index (χ3v) is 1.54. The first-order valence-corrected chi connectivity index (χ1v) is 3.37. The maximum atomic E-state index is 10.2. The van der Waals surface area contributed by atoms with Crippen LogP contribution in [0.1, 0.15) is 17.1 Å². The van der Waals surface area contributed by atoms with E-state index in [2.05, 4.69) is 0 Å². The molecular formula is C8H10O3. The highest BCUT2D eigenvalue weighted by Gasteiger charge is 2.06. The second-order valence-corrected chi connectivity index (χ2v) is 2.52. The molecular weight excluding hydrogens is 144 g/mol. The van der Waals surface area contributed by atoms with Gasteiger partial charge in [0.25, 0.3) is 0 Å². The second kappa shape index (κ2) is 2.78. The molecule has 0 unspecified atom stereocenters. The van der Waals surface area contributed by atoms with Gasteiger partial charge in [0.15, 0.2) is 0 Å². The molecule has 1 aromatic heterocycles. The number of aryl methyl sites for hydroxylation is 2. The van der Waals surface area contributed by atoms with Crippen molar-refractivity contribution >= 4 is 5.97 Å². The Balaban J connectivity index is 2.81. The van der Waals surface area contributed by atoms with Crippen LogP contribution in [0.5, 0.6) is 0 Å². The van der Waals surface area contributed by atoms with Crippen molar-refractivity contribution in [1.82, 2.24) is 0 Å². The van der Waals surface area contributed by atoms with Gasteiger partial charge in [-0.3, -0.25) is 4.79 Å². The normalized spacial score (nSPS) is 10.0. The lowest BCUT2D eigenvalue weighted by molar-refractivity contribution is -0.136. The van der Waals surface area contributed by atoms with Crippen molar-refractivity contribution in [3.8, 4) is 0 Å². The minimum absolute atomic E-state index is 0.0331. The Bertz CT molecular complexity index is 253. The van der Waals surface area contributed by atoms with Gasteiger partial charge in [-0.15, -0.1) is 0 Å². The molecule has 3 heteroatoms. The maximum absolute atomic E-state index is 10.2. The Labute approximate surface area is 64.6 Å². The lowest BCUT2D eigenvalue weighted by Crippen LogP contribution is -1.97. The van der Waals surface area contributed by atoms with Gasteiger partial charge in [-0.25, -0.2) is 0 Å². The molecule has 0 aliphatic heterocycles. The highest BCUT2D eigenvalue weighted by molar-refractivity contribution is 5.69. The first kappa shape index (κ1) is 7.85. The first-order chi connectivity index (χ1) is 5.09. The summed E-state index contributed by atoms with van der Waals surface area (Å²) in [5.74, 6) is 0.451. The lowest BCUT2D eigenvalue weighted by atomic mass is 10.2. The van der Waals surface area contributed by atoms with Gasteiger partial charge in [0.1, 0.15) is 17.9 Å². The van der Waals surface area contributed by atoms with Gasteiger partial charge >= 0.3 is 5.97 Å². The minimum Gasteiger partial charge on any atom is -0.481 e. The van der Waals surface area contributed by atoms with Crippen LogP contribution >= 0.6 is 0 Å². The molecule has 0 saturated carbocycles. The first-order valence-electron chi connectivity index (χ1n) is 3.37. The quantitative estimate of drug-likeness (QED) is 0.702. The summed E-state index contributed by atoms with van der Waals surface area (Å²) < 4.78 is 5.14. The topological polar surface area (TPSA) is 50.4 Å². The van der Waals surface area contributed by atoms with Crippen molar-refractivity contribution in [3.05, 3.63) is 23.2 Å². The van der Waals surface area contributed by atoms with E-state index in [4.69, 9.17) is 9.52 Å². The summed E-state index contributed by atoms with van der Waals surface area (Å²) in [4.78, 5) is 10.2. The monoisotopic (exact) mass is 154 g/mol.